The molecule has 2 saturated heterocycles. The smallest absolute Gasteiger partial charge is 0.232 e. The van der Waals surface area contributed by atoms with Crippen LogP contribution >= 0.6 is 0 Å². The molecule has 0 aromatic carbocycles. The van der Waals surface area contributed by atoms with E-state index in [4.69, 9.17) is 0 Å². The third-order valence-corrected chi connectivity index (χ3v) is 5.48. The zero-order chi connectivity index (χ0) is 12.2. The van der Waals surface area contributed by atoms with Crippen molar-refractivity contribution >= 4 is 5.91 Å². The van der Waals surface area contributed by atoms with Crippen LogP contribution in [0, 0.1) is 23.2 Å². The summed E-state index contributed by atoms with van der Waals surface area (Å²) in [5.74, 6) is 2.52. The Balaban J connectivity index is 1.53. The van der Waals surface area contributed by atoms with Crippen molar-refractivity contribution in [3.8, 4) is 0 Å². The van der Waals surface area contributed by atoms with Gasteiger partial charge < -0.3 is 10.2 Å². The van der Waals surface area contributed by atoms with Crippen LogP contribution in [-0.2, 0) is 4.79 Å². The number of fused-ring (bicyclic) bond motifs is 4. The summed E-state index contributed by atoms with van der Waals surface area (Å²) in [6.07, 6.45) is 9.25. The van der Waals surface area contributed by atoms with E-state index in [2.05, 4.69) is 22.4 Å². The molecule has 0 spiro atoms. The van der Waals surface area contributed by atoms with Crippen molar-refractivity contribution in [2.75, 3.05) is 26.2 Å². The number of hydrogen-bond donors (Lipinski definition) is 1. The highest BCUT2D eigenvalue weighted by Gasteiger charge is 2.49. The molecule has 2 aliphatic heterocycles. The van der Waals surface area contributed by atoms with Crippen LogP contribution in [0.1, 0.15) is 25.7 Å². The first-order valence-corrected chi connectivity index (χ1v) is 7.45. The molecule has 0 aromatic heterocycles. The van der Waals surface area contributed by atoms with Crippen molar-refractivity contribution < 1.29 is 4.79 Å². The van der Waals surface area contributed by atoms with Gasteiger partial charge in [-0.05, 0) is 56.5 Å². The first-order chi connectivity index (χ1) is 8.75. The normalized spacial score (nSPS) is 45.6. The lowest BCUT2D eigenvalue weighted by Gasteiger charge is -2.44. The summed E-state index contributed by atoms with van der Waals surface area (Å²) in [5, 5.41) is 3.50. The number of carbonyl (C=O) groups excluding carboxylic acids is 1. The molecule has 3 heteroatoms. The molecular weight excluding hydrogens is 224 g/mol. The highest BCUT2D eigenvalue weighted by Crippen LogP contribution is 2.50. The SMILES string of the molecule is O=C(N1CC2CNCC(C2)C1)C12C=CC(CC1)C2. The number of allylic oxidation sites excluding steroid dienone is 1. The molecule has 0 radical (unpaired) electrons. The van der Waals surface area contributed by atoms with Crippen LogP contribution in [0.3, 0.4) is 0 Å². The van der Waals surface area contributed by atoms with E-state index in [1.54, 1.807) is 0 Å². The number of amides is 1. The van der Waals surface area contributed by atoms with Crippen LogP contribution in [0.2, 0.25) is 0 Å². The molecule has 2 heterocycles. The van der Waals surface area contributed by atoms with Gasteiger partial charge in [0.1, 0.15) is 0 Å². The van der Waals surface area contributed by atoms with E-state index in [9.17, 15) is 4.79 Å². The Bertz CT molecular complexity index is 393. The Morgan fingerprint density at radius 1 is 1.28 bits per heavy atom. The number of rotatable bonds is 1. The van der Waals surface area contributed by atoms with E-state index < -0.39 is 0 Å². The second-order valence-corrected chi connectivity index (χ2v) is 6.85. The van der Waals surface area contributed by atoms with Crippen molar-refractivity contribution in [3.63, 3.8) is 0 Å². The van der Waals surface area contributed by atoms with Gasteiger partial charge in [-0.1, -0.05) is 12.2 Å². The number of piperidine rings is 2. The summed E-state index contributed by atoms with van der Waals surface area (Å²) in [6.45, 7) is 4.18. The topological polar surface area (TPSA) is 32.3 Å². The van der Waals surface area contributed by atoms with E-state index in [1.165, 1.54) is 12.8 Å². The van der Waals surface area contributed by atoms with E-state index in [-0.39, 0.29) is 5.41 Å². The van der Waals surface area contributed by atoms with Crippen molar-refractivity contribution in [1.29, 1.82) is 0 Å². The van der Waals surface area contributed by atoms with Crippen molar-refractivity contribution in [2.24, 2.45) is 23.2 Å². The highest BCUT2D eigenvalue weighted by atomic mass is 16.2. The molecular formula is C15H22N2O. The second-order valence-electron chi connectivity index (χ2n) is 6.85. The Kier molecular flexibility index (Phi) is 2.35. The number of carbonyl (C=O) groups is 1. The maximum Gasteiger partial charge on any atom is 0.232 e. The third kappa shape index (κ3) is 1.56. The Hall–Kier alpha value is -0.830. The molecule has 4 unspecified atom stereocenters. The quantitative estimate of drug-likeness (QED) is 0.710. The van der Waals surface area contributed by atoms with Gasteiger partial charge in [0.05, 0.1) is 5.41 Å². The van der Waals surface area contributed by atoms with Crippen molar-refractivity contribution in [2.45, 2.75) is 25.7 Å². The molecule has 1 amide bonds. The molecule has 4 bridgehead atoms. The molecule has 1 saturated carbocycles. The van der Waals surface area contributed by atoms with Crippen LogP contribution in [0.15, 0.2) is 12.2 Å². The van der Waals surface area contributed by atoms with Gasteiger partial charge >= 0.3 is 0 Å². The fourth-order valence-corrected chi connectivity index (χ4v) is 4.60. The summed E-state index contributed by atoms with van der Waals surface area (Å²) >= 11 is 0. The minimum atomic E-state index is -0.0935. The molecule has 2 aliphatic carbocycles. The fraction of sp³-hybridized carbons (Fsp3) is 0.800. The van der Waals surface area contributed by atoms with Crippen molar-refractivity contribution in [1.82, 2.24) is 10.2 Å². The van der Waals surface area contributed by atoms with E-state index >= 15 is 0 Å². The fourth-order valence-electron chi connectivity index (χ4n) is 4.60. The van der Waals surface area contributed by atoms with Crippen LogP contribution in [0.25, 0.3) is 0 Å². The maximum atomic E-state index is 12.9. The molecule has 18 heavy (non-hydrogen) atoms. The molecule has 1 N–H and O–H groups in total. The molecule has 4 rings (SSSR count). The predicted molar refractivity (Wildman–Crippen MR) is 70.0 cm³/mol. The molecule has 0 aromatic rings. The summed E-state index contributed by atoms with van der Waals surface area (Å²) in [6, 6.07) is 0. The lowest BCUT2D eigenvalue weighted by Crippen LogP contribution is -2.55. The number of hydrogen-bond acceptors (Lipinski definition) is 2. The summed E-state index contributed by atoms with van der Waals surface area (Å²) in [5.41, 5.74) is -0.0935. The lowest BCUT2D eigenvalue weighted by atomic mass is 9.81. The Morgan fingerprint density at radius 2 is 2.06 bits per heavy atom. The average molecular weight is 246 g/mol. The first-order valence-electron chi connectivity index (χ1n) is 7.45. The number of likely N-dealkylation sites (tertiary alicyclic amines) is 1. The second kappa shape index (κ2) is 3.83. The summed E-state index contributed by atoms with van der Waals surface area (Å²) in [7, 11) is 0. The zero-order valence-corrected chi connectivity index (χ0v) is 10.9. The molecule has 3 nitrogen and oxygen atoms in total. The standard InChI is InChI=1S/C15H22N2O/c18-14(15-3-1-11(6-15)2-4-15)17-9-12-5-13(10-17)8-16-7-12/h1,3,11-13,16H,2,4-10H2. The molecule has 3 fully saturated rings. The minimum Gasteiger partial charge on any atom is -0.341 e. The zero-order valence-electron chi connectivity index (χ0n) is 10.9. The van der Waals surface area contributed by atoms with Gasteiger partial charge in [0.2, 0.25) is 5.91 Å². The predicted octanol–water partition coefficient (Wildman–Crippen LogP) is 1.41. The summed E-state index contributed by atoms with van der Waals surface area (Å²) < 4.78 is 0. The third-order valence-electron chi connectivity index (χ3n) is 5.48. The van der Waals surface area contributed by atoms with Crippen LogP contribution in [0.4, 0.5) is 0 Å². The Labute approximate surface area is 109 Å². The molecule has 4 atom stereocenters. The molecule has 98 valence electrons. The van der Waals surface area contributed by atoms with Crippen LogP contribution < -0.4 is 5.32 Å². The van der Waals surface area contributed by atoms with E-state index in [0.29, 0.717) is 23.7 Å². The van der Waals surface area contributed by atoms with Crippen molar-refractivity contribution in [3.05, 3.63) is 12.2 Å². The van der Waals surface area contributed by atoms with Gasteiger partial charge in [0.25, 0.3) is 0 Å². The largest absolute Gasteiger partial charge is 0.341 e. The maximum absolute atomic E-state index is 12.9. The van der Waals surface area contributed by atoms with Gasteiger partial charge in [-0.3, -0.25) is 4.79 Å². The van der Waals surface area contributed by atoms with Gasteiger partial charge in [-0.15, -0.1) is 0 Å². The minimum absolute atomic E-state index is 0.0935. The average Bonchev–Trinajstić information content (AvgIpc) is 2.99. The lowest BCUT2D eigenvalue weighted by molar-refractivity contribution is -0.142. The van der Waals surface area contributed by atoms with E-state index in [1.807, 2.05) is 0 Å². The van der Waals surface area contributed by atoms with Gasteiger partial charge in [-0.25, -0.2) is 0 Å². The number of nitrogens with one attached hydrogen (secondary N) is 1. The summed E-state index contributed by atoms with van der Waals surface area (Å²) in [4.78, 5) is 15.1. The van der Waals surface area contributed by atoms with E-state index in [0.717, 1.165) is 39.0 Å². The van der Waals surface area contributed by atoms with Gasteiger partial charge in [0.15, 0.2) is 0 Å². The molecule has 4 aliphatic rings. The van der Waals surface area contributed by atoms with Gasteiger partial charge in [-0.2, -0.15) is 0 Å². The van der Waals surface area contributed by atoms with Crippen LogP contribution in [-0.4, -0.2) is 37.0 Å². The van der Waals surface area contributed by atoms with Crippen LogP contribution in [0.5, 0.6) is 0 Å². The van der Waals surface area contributed by atoms with Gasteiger partial charge in [0, 0.05) is 13.1 Å². The highest BCUT2D eigenvalue weighted by molar-refractivity contribution is 5.86. The number of nitrogens with zero attached hydrogens (tertiary/aromatic N) is 1. The first kappa shape index (κ1) is 11.0. The Morgan fingerprint density at radius 3 is 2.61 bits per heavy atom. The monoisotopic (exact) mass is 246 g/mol.